The summed E-state index contributed by atoms with van der Waals surface area (Å²) in [6.45, 7) is -0.354. The number of para-hydroxylation sites is 1. The van der Waals surface area contributed by atoms with Crippen LogP contribution in [0.5, 0.6) is 5.75 Å². The highest BCUT2D eigenvalue weighted by atomic mass is 16.7. The monoisotopic (exact) mass is 226 g/mol. The summed E-state index contributed by atoms with van der Waals surface area (Å²) >= 11 is 0. The molecule has 16 heavy (non-hydrogen) atoms. The van der Waals surface area contributed by atoms with Crippen molar-refractivity contribution in [2.45, 2.75) is 24.6 Å². The van der Waals surface area contributed by atoms with Gasteiger partial charge in [0.2, 0.25) is 6.29 Å². The molecule has 1 saturated heterocycles. The van der Waals surface area contributed by atoms with Crippen molar-refractivity contribution in [2.75, 3.05) is 6.61 Å². The van der Waals surface area contributed by atoms with Crippen molar-refractivity contribution >= 4 is 0 Å². The summed E-state index contributed by atoms with van der Waals surface area (Å²) in [6, 6.07) is 8.85. The summed E-state index contributed by atoms with van der Waals surface area (Å²) < 4.78 is 10.5. The lowest BCUT2D eigenvalue weighted by Crippen LogP contribution is -2.35. The number of hydrogen-bond donors (Lipinski definition) is 3. The maximum absolute atomic E-state index is 9.61. The van der Waals surface area contributed by atoms with E-state index in [9.17, 15) is 10.2 Å². The van der Waals surface area contributed by atoms with Gasteiger partial charge < -0.3 is 24.8 Å². The number of rotatable bonds is 3. The van der Waals surface area contributed by atoms with E-state index >= 15 is 0 Å². The molecule has 5 heteroatoms. The molecule has 5 nitrogen and oxygen atoms in total. The lowest BCUT2D eigenvalue weighted by Gasteiger charge is -2.16. The highest BCUT2D eigenvalue weighted by molar-refractivity contribution is 5.21. The van der Waals surface area contributed by atoms with Gasteiger partial charge in [-0.25, -0.2) is 0 Å². The van der Waals surface area contributed by atoms with Crippen molar-refractivity contribution in [3.8, 4) is 5.75 Å². The van der Waals surface area contributed by atoms with Gasteiger partial charge in [0.05, 0.1) is 6.61 Å². The molecule has 0 amide bonds. The third-order valence-electron chi connectivity index (χ3n) is 2.49. The van der Waals surface area contributed by atoms with Crippen LogP contribution in [0.2, 0.25) is 0 Å². The van der Waals surface area contributed by atoms with E-state index in [-0.39, 0.29) is 6.61 Å². The van der Waals surface area contributed by atoms with Crippen LogP contribution < -0.4 is 4.74 Å². The number of ether oxygens (including phenoxy) is 2. The van der Waals surface area contributed by atoms with E-state index in [0.29, 0.717) is 5.75 Å². The minimum absolute atomic E-state index is 0.354. The standard InChI is InChI=1S/C11H14O5/c12-6-8-9(13)10(14)11(16-8)15-7-4-2-1-3-5-7/h1-5,8-14H,6H2/t8-,9-,10-,11-/m1/s1. The quantitative estimate of drug-likeness (QED) is 0.648. The van der Waals surface area contributed by atoms with Gasteiger partial charge in [-0.3, -0.25) is 0 Å². The van der Waals surface area contributed by atoms with Crippen LogP contribution in [0, 0.1) is 0 Å². The second kappa shape index (κ2) is 4.80. The van der Waals surface area contributed by atoms with E-state index in [1.165, 1.54) is 0 Å². The van der Waals surface area contributed by atoms with Gasteiger partial charge in [0.1, 0.15) is 24.1 Å². The maximum Gasteiger partial charge on any atom is 0.229 e. The molecule has 2 rings (SSSR count). The first-order chi connectivity index (χ1) is 7.72. The molecule has 88 valence electrons. The molecule has 0 aromatic heterocycles. The fraction of sp³-hybridized carbons (Fsp3) is 0.455. The van der Waals surface area contributed by atoms with Gasteiger partial charge in [-0.1, -0.05) is 18.2 Å². The first kappa shape index (κ1) is 11.3. The van der Waals surface area contributed by atoms with Gasteiger partial charge in [-0.05, 0) is 12.1 Å². The number of benzene rings is 1. The zero-order valence-corrected chi connectivity index (χ0v) is 8.56. The summed E-state index contributed by atoms with van der Waals surface area (Å²) in [5.41, 5.74) is 0. The molecule has 0 radical (unpaired) electrons. The SMILES string of the molecule is OC[C@H]1O[C@@H](Oc2ccccc2)[C@H](O)[C@@H]1O. The van der Waals surface area contributed by atoms with Crippen molar-refractivity contribution in [3.05, 3.63) is 30.3 Å². The highest BCUT2D eigenvalue weighted by Gasteiger charge is 2.43. The van der Waals surface area contributed by atoms with E-state index in [1.807, 2.05) is 6.07 Å². The second-order valence-corrected chi connectivity index (χ2v) is 3.64. The Morgan fingerprint density at radius 3 is 2.38 bits per heavy atom. The molecule has 0 saturated carbocycles. The topological polar surface area (TPSA) is 79.2 Å². The van der Waals surface area contributed by atoms with E-state index in [0.717, 1.165) is 0 Å². The number of aliphatic hydroxyl groups is 3. The number of hydrogen-bond acceptors (Lipinski definition) is 5. The lowest BCUT2D eigenvalue weighted by atomic mass is 10.1. The molecule has 1 aromatic carbocycles. The van der Waals surface area contributed by atoms with Crippen LogP contribution in [0.1, 0.15) is 0 Å². The maximum atomic E-state index is 9.61. The minimum Gasteiger partial charge on any atom is -0.462 e. The molecule has 0 aliphatic carbocycles. The summed E-state index contributed by atoms with van der Waals surface area (Å²) in [5.74, 6) is 0.539. The van der Waals surface area contributed by atoms with Crippen molar-refractivity contribution in [1.29, 1.82) is 0 Å². The van der Waals surface area contributed by atoms with Crippen molar-refractivity contribution < 1.29 is 24.8 Å². The van der Waals surface area contributed by atoms with Crippen molar-refractivity contribution in [3.63, 3.8) is 0 Å². The zero-order chi connectivity index (χ0) is 11.5. The molecule has 1 heterocycles. The fourth-order valence-corrected chi connectivity index (χ4v) is 1.60. The average Bonchev–Trinajstić information content (AvgIpc) is 2.58. The molecular weight excluding hydrogens is 212 g/mol. The van der Waals surface area contributed by atoms with Gasteiger partial charge >= 0.3 is 0 Å². The van der Waals surface area contributed by atoms with Crippen LogP contribution in [0.3, 0.4) is 0 Å². The minimum atomic E-state index is -1.16. The van der Waals surface area contributed by atoms with E-state index < -0.39 is 24.6 Å². The Hall–Kier alpha value is -1.14. The molecular formula is C11H14O5. The van der Waals surface area contributed by atoms with E-state index in [4.69, 9.17) is 14.6 Å². The second-order valence-electron chi connectivity index (χ2n) is 3.64. The summed E-state index contributed by atoms with van der Waals surface area (Å²) in [7, 11) is 0. The largest absolute Gasteiger partial charge is 0.462 e. The fourth-order valence-electron chi connectivity index (χ4n) is 1.60. The van der Waals surface area contributed by atoms with Gasteiger partial charge in [-0.15, -0.1) is 0 Å². The Morgan fingerprint density at radius 1 is 1.12 bits per heavy atom. The van der Waals surface area contributed by atoms with Crippen LogP contribution in [-0.4, -0.2) is 46.5 Å². The summed E-state index contributed by atoms with van der Waals surface area (Å²) in [5, 5.41) is 28.0. The summed E-state index contributed by atoms with van der Waals surface area (Å²) in [6.07, 6.45) is -4.03. The molecule has 0 spiro atoms. The Labute approximate surface area is 92.9 Å². The lowest BCUT2D eigenvalue weighted by molar-refractivity contribution is -0.116. The van der Waals surface area contributed by atoms with Gasteiger partial charge in [0, 0.05) is 0 Å². The zero-order valence-electron chi connectivity index (χ0n) is 8.56. The first-order valence-electron chi connectivity index (χ1n) is 5.06. The molecule has 1 aliphatic rings. The van der Waals surface area contributed by atoms with Crippen LogP contribution in [0.4, 0.5) is 0 Å². The van der Waals surface area contributed by atoms with Crippen molar-refractivity contribution in [2.24, 2.45) is 0 Å². The molecule has 1 aliphatic heterocycles. The van der Waals surface area contributed by atoms with Crippen molar-refractivity contribution in [1.82, 2.24) is 0 Å². The molecule has 0 unspecified atom stereocenters. The van der Waals surface area contributed by atoms with E-state index in [1.54, 1.807) is 24.3 Å². The highest BCUT2D eigenvalue weighted by Crippen LogP contribution is 2.24. The van der Waals surface area contributed by atoms with Crippen LogP contribution in [-0.2, 0) is 4.74 Å². The predicted molar refractivity (Wildman–Crippen MR) is 54.8 cm³/mol. The molecule has 3 N–H and O–H groups in total. The third-order valence-corrected chi connectivity index (χ3v) is 2.49. The molecule has 1 aromatic rings. The Kier molecular flexibility index (Phi) is 3.40. The van der Waals surface area contributed by atoms with Gasteiger partial charge in [0.25, 0.3) is 0 Å². The Balaban J connectivity index is 2.01. The molecule has 0 bridgehead atoms. The van der Waals surface area contributed by atoms with Gasteiger partial charge in [-0.2, -0.15) is 0 Å². The normalized spacial score (nSPS) is 33.9. The number of aliphatic hydroxyl groups excluding tert-OH is 3. The Morgan fingerprint density at radius 2 is 1.81 bits per heavy atom. The average molecular weight is 226 g/mol. The predicted octanol–water partition coefficient (Wildman–Crippen LogP) is -0.496. The van der Waals surface area contributed by atoms with Gasteiger partial charge in [0.15, 0.2) is 0 Å². The third kappa shape index (κ3) is 2.17. The smallest absolute Gasteiger partial charge is 0.229 e. The van der Waals surface area contributed by atoms with Crippen LogP contribution in [0.25, 0.3) is 0 Å². The summed E-state index contributed by atoms with van der Waals surface area (Å²) in [4.78, 5) is 0. The van der Waals surface area contributed by atoms with Crippen LogP contribution in [0.15, 0.2) is 30.3 Å². The van der Waals surface area contributed by atoms with Crippen LogP contribution >= 0.6 is 0 Å². The van der Waals surface area contributed by atoms with E-state index in [2.05, 4.69) is 0 Å². The first-order valence-corrected chi connectivity index (χ1v) is 5.06. The Bertz CT molecular complexity index is 328. The molecule has 1 fully saturated rings. The molecule has 4 atom stereocenters.